The van der Waals surface area contributed by atoms with Gasteiger partial charge in [0.1, 0.15) is 6.10 Å². The predicted octanol–water partition coefficient (Wildman–Crippen LogP) is 1.69. The van der Waals surface area contributed by atoms with Crippen LogP contribution < -0.4 is 5.32 Å². The molecule has 1 rings (SSSR count). The highest BCUT2D eigenvalue weighted by molar-refractivity contribution is 6.32. The first-order valence-electron chi connectivity index (χ1n) is 6.61. The molecule has 1 aromatic rings. The first-order valence-corrected chi connectivity index (χ1v) is 6.61. The van der Waals surface area contributed by atoms with Crippen LogP contribution in [-0.4, -0.2) is 28.2 Å². The summed E-state index contributed by atoms with van der Waals surface area (Å²) in [7, 11) is 0. The van der Waals surface area contributed by atoms with Gasteiger partial charge in [-0.05, 0) is 30.0 Å². The van der Waals surface area contributed by atoms with E-state index in [1.54, 1.807) is 6.92 Å². The van der Waals surface area contributed by atoms with Gasteiger partial charge in [0.2, 0.25) is 0 Å². The number of phenols is 2. The SMILES string of the molecule is C[C@@H](OC(=O)C(=O)NCc1ccc(O)c(O)c1)C(C)(C)C. The Bertz CT molecular complexity index is 533. The minimum atomic E-state index is -0.944. The maximum absolute atomic E-state index is 11.6. The summed E-state index contributed by atoms with van der Waals surface area (Å²) in [4.78, 5) is 23.3. The molecule has 1 aromatic carbocycles. The van der Waals surface area contributed by atoms with Crippen molar-refractivity contribution in [3.63, 3.8) is 0 Å². The lowest BCUT2D eigenvalue weighted by molar-refractivity contribution is -0.162. The van der Waals surface area contributed by atoms with Gasteiger partial charge in [0.15, 0.2) is 11.5 Å². The highest BCUT2D eigenvalue weighted by Crippen LogP contribution is 2.24. The molecule has 0 saturated carbocycles. The van der Waals surface area contributed by atoms with Crippen LogP contribution in [0.2, 0.25) is 0 Å². The molecule has 1 amide bonds. The van der Waals surface area contributed by atoms with Crippen LogP contribution in [0, 0.1) is 5.41 Å². The van der Waals surface area contributed by atoms with E-state index in [9.17, 15) is 19.8 Å². The molecule has 1 atom stereocenters. The van der Waals surface area contributed by atoms with Crippen molar-refractivity contribution in [3.05, 3.63) is 23.8 Å². The normalized spacial score (nSPS) is 12.6. The van der Waals surface area contributed by atoms with E-state index in [-0.39, 0.29) is 23.5 Å². The molecule has 6 nitrogen and oxygen atoms in total. The number of nitrogens with one attached hydrogen (secondary N) is 1. The molecule has 21 heavy (non-hydrogen) atoms. The predicted molar refractivity (Wildman–Crippen MR) is 76.6 cm³/mol. The average molecular weight is 295 g/mol. The van der Waals surface area contributed by atoms with Crippen molar-refractivity contribution in [1.29, 1.82) is 0 Å². The minimum Gasteiger partial charge on any atom is -0.504 e. The molecule has 0 aliphatic heterocycles. The van der Waals surface area contributed by atoms with Crippen LogP contribution in [-0.2, 0) is 20.9 Å². The molecule has 0 aromatic heterocycles. The lowest BCUT2D eigenvalue weighted by Gasteiger charge is -2.26. The second-order valence-electron chi connectivity index (χ2n) is 5.92. The smallest absolute Gasteiger partial charge is 0.397 e. The second-order valence-corrected chi connectivity index (χ2v) is 5.92. The number of phenolic OH excluding ortho intramolecular Hbond substituents is 2. The van der Waals surface area contributed by atoms with Gasteiger partial charge in [0.25, 0.3) is 0 Å². The molecule has 116 valence electrons. The lowest BCUT2D eigenvalue weighted by atomic mass is 9.90. The molecule has 0 unspecified atom stereocenters. The lowest BCUT2D eigenvalue weighted by Crippen LogP contribution is -2.37. The summed E-state index contributed by atoms with van der Waals surface area (Å²) >= 11 is 0. The number of hydrogen-bond acceptors (Lipinski definition) is 5. The third-order valence-corrected chi connectivity index (χ3v) is 3.18. The Morgan fingerprint density at radius 1 is 1.24 bits per heavy atom. The van der Waals surface area contributed by atoms with Gasteiger partial charge in [-0.3, -0.25) is 4.79 Å². The molecule has 6 heteroatoms. The van der Waals surface area contributed by atoms with Gasteiger partial charge in [-0.2, -0.15) is 0 Å². The number of rotatable bonds is 3. The quantitative estimate of drug-likeness (QED) is 0.448. The first kappa shape index (κ1) is 16.8. The number of amides is 1. The molecule has 3 N–H and O–H groups in total. The number of hydrogen-bond donors (Lipinski definition) is 3. The zero-order valence-corrected chi connectivity index (χ0v) is 12.6. The molecule has 0 aliphatic rings. The monoisotopic (exact) mass is 295 g/mol. The van der Waals surface area contributed by atoms with Crippen LogP contribution >= 0.6 is 0 Å². The van der Waals surface area contributed by atoms with Crippen molar-refractivity contribution in [3.8, 4) is 11.5 Å². The van der Waals surface area contributed by atoms with Gasteiger partial charge < -0.3 is 20.3 Å². The standard InChI is InChI=1S/C15H21NO5/c1-9(15(2,3)4)21-14(20)13(19)16-8-10-5-6-11(17)12(18)7-10/h5-7,9,17-18H,8H2,1-4H3,(H,16,19)/t9-/m1/s1. The Kier molecular flexibility index (Phi) is 5.18. The largest absolute Gasteiger partial charge is 0.504 e. The van der Waals surface area contributed by atoms with Crippen molar-refractivity contribution in [1.82, 2.24) is 5.32 Å². The van der Waals surface area contributed by atoms with Crippen LogP contribution in [0.1, 0.15) is 33.3 Å². The van der Waals surface area contributed by atoms with E-state index < -0.39 is 18.0 Å². The number of carbonyl (C=O) groups excluding carboxylic acids is 2. The Balaban J connectivity index is 2.53. The molecular weight excluding hydrogens is 274 g/mol. The Hall–Kier alpha value is -2.24. The van der Waals surface area contributed by atoms with Gasteiger partial charge in [0, 0.05) is 6.54 Å². The summed E-state index contributed by atoms with van der Waals surface area (Å²) in [6.45, 7) is 7.49. The van der Waals surface area contributed by atoms with Crippen LogP contribution in [0.15, 0.2) is 18.2 Å². The van der Waals surface area contributed by atoms with Crippen LogP contribution in [0.3, 0.4) is 0 Å². The van der Waals surface area contributed by atoms with Gasteiger partial charge >= 0.3 is 11.9 Å². The fraction of sp³-hybridized carbons (Fsp3) is 0.467. The van der Waals surface area contributed by atoms with E-state index in [1.807, 2.05) is 20.8 Å². The molecule has 0 fully saturated rings. The Labute approximate surface area is 123 Å². The van der Waals surface area contributed by atoms with Gasteiger partial charge in [-0.1, -0.05) is 26.8 Å². The first-order chi connectivity index (χ1) is 9.61. The number of ether oxygens (including phenoxy) is 1. The Morgan fingerprint density at radius 3 is 2.38 bits per heavy atom. The average Bonchev–Trinajstić information content (AvgIpc) is 2.38. The van der Waals surface area contributed by atoms with Crippen molar-refractivity contribution >= 4 is 11.9 Å². The summed E-state index contributed by atoms with van der Waals surface area (Å²) in [5.74, 6) is -2.33. The fourth-order valence-corrected chi connectivity index (χ4v) is 1.32. The maximum Gasteiger partial charge on any atom is 0.397 e. The number of carbonyl (C=O) groups is 2. The molecule has 0 bridgehead atoms. The fourth-order valence-electron chi connectivity index (χ4n) is 1.32. The topological polar surface area (TPSA) is 95.9 Å². The minimum absolute atomic E-state index is 0.0473. The molecular formula is C15H21NO5. The summed E-state index contributed by atoms with van der Waals surface area (Å²) in [6.07, 6.45) is -0.395. The van der Waals surface area contributed by atoms with E-state index in [2.05, 4.69) is 5.32 Å². The van der Waals surface area contributed by atoms with E-state index in [0.717, 1.165) is 0 Å². The Morgan fingerprint density at radius 2 is 1.86 bits per heavy atom. The van der Waals surface area contributed by atoms with Crippen molar-refractivity contribution in [2.75, 3.05) is 0 Å². The summed E-state index contributed by atoms with van der Waals surface area (Å²) < 4.78 is 5.07. The summed E-state index contributed by atoms with van der Waals surface area (Å²) in [6, 6.07) is 4.13. The van der Waals surface area contributed by atoms with Crippen molar-refractivity contribution in [2.45, 2.75) is 40.3 Å². The summed E-state index contributed by atoms with van der Waals surface area (Å²) in [5, 5.41) is 20.9. The zero-order chi connectivity index (χ0) is 16.2. The number of esters is 1. The number of aromatic hydroxyl groups is 2. The van der Waals surface area contributed by atoms with Gasteiger partial charge in [-0.25, -0.2) is 4.79 Å². The van der Waals surface area contributed by atoms with E-state index in [0.29, 0.717) is 5.56 Å². The van der Waals surface area contributed by atoms with E-state index in [1.165, 1.54) is 18.2 Å². The van der Waals surface area contributed by atoms with E-state index in [4.69, 9.17) is 4.74 Å². The van der Waals surface area contributed by atoms with Gasteiger partial charge in [-0.15, -0.1) is 0 Å². The van der Waals surface area contributed by atoms with Crippen LogP contribution in [0.5, 0.6) is 11.5 Å². The molecule has 0 saturated heterocycles. The van der Waals surface area contributed by atoms with E-state index >= 15 is 0 Å². The molecule has 0 radical (unpaired) electrons. The highest BCUT2D eigenvalue weighted by atomic mass is 16.5. The van der Waals surface area contributed by atoms with Crippen LogP contribution in [0.4, 0.5) is 0 Å². The van der Waals surface area contributed by atoms with Gasteiger partial charge in [0.05, 0.1) is 0 Å². The summed E-state index contributed by atoms with van der Waals surface area (Å²) in [5.41, 5.74) is 0.300. The maximum atomic E-state index is 11.6. The molecule has 0 aliphatic carbocycles. The number of benzene rings is 1. The highest BCUT2D eigenvalue weighted by Gasteiger charge is 2.26. The second kappa shape index (κ2) is 6.47. The zero-order valence-electron chi connectivity index (χ0n) is 12.6. The third kappa shape index (κ3) is 4.98. The van der Waals surface area contributed by atoms with Crippen molar-refractivity contribution in [2.24, 2.45) is 5.41 Å². The third-order valence-electron chi connectivity index (χ3n) is 3.18. The molecule has 0 spiro atoms. The van der Waals surface area contributed by atoms with Crippen molar-refractivity contribution < 1.29 is 24.5 Å². The van der Waals surface area contributed by atoms with Crippen LogP contribution in [0.25, 0.3) is 0 Å². The molecule has 0 heterocycles.